The first-order chi connectivity index (χ1) is 14.8. The third kappa shape index (κ3) is 4.65. The van der Waals surface area contributed by atoms with Gasteiger partial charge in [0, 0.05) is 37.9 Å². The Morgan fingerprint density at radius 3 is 2.55 bits per heavy atom. The maximum Gasteiger partial charge on any atom is 0.573 e. The number of halogens is 3. The first-order valence-electron chi connectivity index (χ1n) is 9.68. The number of nitrogens with one attached hydrogen (secondary N) is 1. The molecule has 2 aromatic rings. The molecule has 1 aromatic heterocycles. The number of hydrogen-bond acceptors (Lipinski definition) is 7. The zero-order chi connectivity index (χ0) is 22.1. The fourth-order valence-corrected chi connectivity index (χ4v) is 3.82. The highest BCUT2D eigenvalue weighted by atomic mass is 19.4. The van der Waals surface area contributed by atoms with E-state index < -0.39 is 17.7 Å². The van der Waals surface area contributed by atoms with Gasteiger partial charge in [-0.3, -0.25) is 4.79 Å². The molecule has 3 heterocycles. The minimum atomic E-state index is -4.85. The van der Waals surface area contributed by atoms with Crippen LogP contribution in [-0.2, 0) is 15.9 Å². The molecule has 31 heavy (non-hydrogen) atoms. The molecule has 0 bridgehead atoms. The number of para-hydroxylation sites is 1. The lowest BCUT2D eigenvalue weighted by molar-refractivity contribution is -0.274. The van der Waals surface area contributed by atoms with Crippen LogP contribution in [0.1, 0.15) is 29.8 Å². The zero-order valence-corrected chi connectivity index (χ0v) is 16.4. The van der Waals surface area contributed by atoms with E-state index in [0.29, 0.717) is 39.1 Å². The molecule has 164 valence electrons. The number of hydrogen-bond donors (Lipinski definition) is 1. The summed E-state index contributed by atoms with van der Waals surface area (Å²) in [7, 11) is 0. The standard InChI is InChI=1S/C20H19F3N4O4/c21-20(22,23)31-15-4-2-1-3-13(15)11-16-25-17(14(12-24)18(28)26-16)27-7-5-19(6-8-27)29-9-10-30-19/h1-4H,5-11H2,(H,25,26,28). The van der Waals surface area contributed by atoms with Crippen LogP contribution in [0.5, 0.6) is 5.75 Å². The molecule has 0 aliphatic carbocycles. The summed E-state index contributed by atoms with van der Waals surface area (Å²) < 4.78 is 53.5. The summed E-state index contributed by atoms with van der Waals surface area (Å²) in [6.45, 7) is 1.96. The molecule has 2 saturated heterocycles. The van der Waals surface area contributed by atoms with E-state index in [4.69, 9.17) is 9.47 Å². The highest BCUT2D eigenvalue weighted by molar-refractivity contribution is 5.53. The Kier molecular flexibility index (Phi) is 5.60. The van der Waals surface area contributed by atoms with Crippen molar-refractivity contribution in [2.45, 2.75) is 31.4 Å². The van der Waals surface area contributed by atoms with Crippen molar-refractivity contribution in [3.8, 4) is 11.8 Å². The number of alkyl halides is 3. The Hall–Kier alpha value is -3.10. The van der Waals surface area contributed by atoms with E-state index in [1.54, 1.807) is 11.0 Å². The van der Waals surface area contributed by atoms with Crippen molar-refractivity contribution in [3.63, 3.8) is 0 Å². The van der Waals surface area contributed by atoms with Gasteiger partial charge in [0.1, 0.15) is 17.6 Å². The summed E-state index contributed by atoms with van der Waals surface area (Å²) in [5.41, 5.74) is -0.595. The van der Waals surface area contributed by atoms with E-state index in [0.717, 1.165) is 0 Å². The van der Waals surface area contributed by atoms with E-state index in [9.17, 15) is 23.2 Å². The Morgan fingerprint density at radius 2 is 1.90 bits per heavy atom. The van der Waals surface area contributed by atoms with Crippen LogP contribution < -0.4 is 15.2 Å². The highest BCUT2D eigenvalue weighted by Gasteiger charge is 2.40. The summed E-state index contributed by atoms with van der Waals surface area (Å²) in [5.74, 6) is -0.686. The van der Waals surface area contributed by atoms with Crippen molar-refractivity contribution in [1.29, 1.82) is 5.26 Å². The molecule has 4 rings (SSSR count). The predicted octanol–water partition coefficient (Wildman–Crippen LogP) is 2.47. The average Bonchev–Trinajstić information content (AvgIpc) is 3.16. The largest absolute Gasteiger partial charge is 0.573 e. The number of nitrogens with zero attached hydrogens (tertiary/aromatic N) is 3. The molecule has 2 fully saturated rings. The quantitative estimate of drug-likeness (QED) is 0.786. The molecule has 0 atom stereocenters. The number of benzene rings is 1. The molecule has 8 nitrogen and oxygen atoms in total. The van der Waals surface area contributed by atoms with Crippen molar-refractivity contribution in [1.82, 2.24) is 9.97 Å². The second kappa shape index (κ2) is 8.20. The molecule has 1 spiro atoms. The van der Waals surface area contributed by atoms with E-state index in [-0.39, 0.29) is 34.9 Å². The van der Waals surface area contributed by atoms with Crippen LogP contribution in [0.3, 0.4) is 0 Å². The minimum Gasteiger partial charge on any atom is -0.405 e. The first kappa shape index (κ1) is 21.1. The van der Waals surface area contributed by atoms with Gasteiger partial charge in [-0.1, -0.05) is 18.2 Å². The van der Waals surface area contributed by atoms with Crippen molar-refractivity contribution in [2.75, 3.05) is 31.2 Å². The summed E-state index contributed by atoms with van der Waals surface area (Å²) in [6, 6.07) is 7.50. The Labute approximate surface area is 175 Å². The number of piperidine rings is 1. The van der Waals surface area contributed by atoms with Gasteiger partial charge in [-0.05, 0) is 6.07 Å². The van der Waals surface area contributed by atoms with Crippen LogP contribution >= 0.6 is 0 Å². The van der Waals surface area contributed by atoms with E-state index >= 15 is 0 Å². The molecule has 2 aliphatic rings. The molecular formula is C20H19F3N4O4. The number of rotatable bonds is 4. The van der Waals surface area contributed by atoms with E-state index in [2.05, 4.69) is 14.7 Å². The lowest BCUT2D eigenvalue weighted by atomic mass is 10.0. The topological polar surface area (TPSA) is 100 Å². The van der Waals surface area contributed by atoms with Crippen molar-refractivity contribution >= 4 is 5.82 Å². The molecule has 0 radical (unpaired) electrons. The molecule has 0 unspecified atom stereocenters. The van der Waals surface area contributed by atoms with Crippen LogP contribution in [0, 0.1) is 11.3 Å². The van der Waals surface area contributed by atoms with Gasteiger partial charge in [0.05, 0.1) is 13.2 Å². The Balaban J connectivity index is 1.61. The van der Waals surface area contributed by atoms with Gasteiger partial charge >= 0.3 is 6.36 Å². The summed E-state index contributed by atoms with van der Waals surface area (Å²) in [6.07, 6.45) is -3.86. The summed E-state index contributed by atoms with van der Waals surface area (Å²) in [4.78, 5) is 21.2. The molecule has 1 N–H and O–H groups in total. The van der Waals surface area contributed by atoms with E-state index in [1.165, 1.54) is 18.2 Å². The maximum atomic E-state index is 12.7. The fraction of sp³-hybridized carbons (Fsp3) is 0.450. The van der Waals surface area contributed by atoms with Crippen LogP contribution in [0.4, 0.5) is 19.0 Å². The first-order valence-corrected chi connectivity index (χ1v) is 9.68. The second-order valence-corrected chi connectivity index (χ2v) is 7.25. The number of aromatic nitrogens is 2. The van der Waals surface area contributed by atoms with Crippen LogP contribution in [0.25, 0.3) is 0 Å². The lowest BCUT2D eigenvalue weighted by Crippen LogP contribution is -2.46. The minimum absolute atomic E-state index is 0.107. The second-order valence-electron chi connectivity index (χ2n) is 7.25. The number of nitriles is 1. The molecule has 1 aromatic carbocycles. The normalized spacial score (nSPS) is 18.2. The van der Waals surface area contributed by atoms with Gasteiger partial charge in [0.2, 0.25) is 0 Å². The van der Waals surface area contributed by atoms with Gasteiger partial charge in [0.15, 0.2) is 17.2 Å². The van der Waals surface area contributed by atoms with Crippen LogP contribution in [-0.4, -0.2) is 48.4 Å². The Bertz CT molecular complexity index is 1050. The smallest absolute Gasteiger partial charge is 0.405 e. The molecule has 2 aliphatic heterocycles. The number of ether oxygens (including phenoxy) is 3. The number of aromatic amines is 1. The number of anilines is 1. The summed E-state index contributed by atoms with van der Waals surface area (Å²) in [5, 5.41) is 9.46. The Morgan fingerprint density at radius 1 is 1.23 bits per heavy atom. The fourth-order valence-electron chi connectivity index (χ4n) is 3.82. The average molecular weight is 436 g/mol. The molecule has 0 amide bonds. The number of H-pyrrole nitrogens is 1. The van der Waals surface area contributed by atoms with Crippen molar-refractivity contribution < 1.29 is 27.4 Å². The van der Waals surface area contributed by atoms with Gasteiger partial charge in [-0.25, -0.2) is 4.98 Å². The predicted molar refractivity (Wildman–Crippen MR) is 102 cm³/mol. The third-order valence-corrected chi connectivity index (χ3v) is 5.26. The molecule has 11 heteroatoms. The lowest BCUT2D eigenvalue weighted by Gasteiger charge is -2.38. The SMILES string of the molecule is N#Cc1c(N2CCC3(CC2)OCCO3)nc(Cc2ccccc2OC(F)(F)F)[nH]c1=O. The highest BCUT2D eigenvalue weighted by Crippen LogP contribution is 2.33. The van der Waals surface area contributed by atoms with Crippen molar-refractivity contribution in [2.24, 2.45) is 0 Å². The monoisotopic (exact) mass is 436 g/mol. The van der Waals surface area contributed by atoms with Gasteiger partial charge in [-0.2, -0.15) is 5.26 Å². The zero-order valence-electron chi connectivity index (χ0n) is 16.4. The van der Waals surface area contributed by atoms with Crippen LogP contribution in [0.15, 0.2) is 29.1 Å². The maximum absolute atomic E-state index is 12.7. The van der Waals surface area contributed by atoms with Gasteiger partial charge in [-0.15, -0.1) is 13.2 Å². The third-order valence-electron chi connectivity index (χ3n) is 5.26. The van der Waals surface area contributed by atoms with Gasteiger partial charge in [0.25, 0.3) is 5.56 Å². The van der Waals surface area contributed by atoms with E-state index in [1.807, 2.05) is 6.07 Å². The van der Waals surface area contributed by atoms with Gasteiger partial charge < -0.3 is 24.1 Å². The van der Waals surface area contributed by atoms with Crippen molar-refractivity contribution in [3.05, 3.63) is 51.6 Å². The summed E-state index contributed by atoms with van der Waals surface area (Å²) >= 11 is 0. The van der Waals surface area contributed by atoms with Crippen LogP contribution in [0.2, 0.25) is 0 Å². The molecular weight excluding hydrogens is 417 g/mol. The molecule has 0 saturated carbocycles.